The Labute approximate surface area is 70.9 Å². The average Bonchev–Trinajstić information content (AvgIpc) is 2.48. The molecule has 0 aliphatic heterocycles. The molecule has 0 saturated heterocycles. The van der Waals surface area contributed by atoms with Gasteiger partial charge in [-0.05, 0) is 19.1 Å². The van der Waals surface area contributed by atoms with Gasteiger partial charge in [0.2, 0.25) is 0 Å². The molecule has 0 fully saturated rings. The van der Waals surface area contributed by atoms with Crippen LogP contribution in [0.5, 0.6) is 0 Å². The van der Waals surface area contributed by atoms with E-state index in [0.717, 1.165) is 17.0 Å². The third-order valence-corrected chi connectivity index (χ3v) is 1.85. The van der Waals surface area contributed by atoms with Crippen molar-refractivity contribution in [3.05, 3.63) is 35.8 Å². The van der Waals surface area contributed by atoms with Gasteiger partial charge in [0, 0.05) is 11.9 Å². The zero-order valence-electron chi connectivity index (χ0n) is 6.78. The lowest BCUT2D eigenvalue weighted by atomic mass is 10.3. The number of aryl methyl sites for hydroxylation is 1. The highest BCUT2D eigenvalue weighted by molar-refractivity contribution is 5.45. The van der Waals surface area contributed by atoms with Crippen molar-refractivity contribution in [2.45, 2.75) is 6.92 Å². The van der Waals surface area contributed by atoms with E-state index in [1.54, 1.807) is 0 Å². The number of hydrogen-bond acceptors (Lipinski definition) is 1. The quantitative estimate of drug-likeness (QED) is 0.530. The van der Waals surface area contributed by atoms with E-state index in [2.05, 4.69) is 10.9 Å². The average molecular weight is 156 g/mol. The van der Waals surface area contributed by atoms with E-state index in [0.29, 0.717) is 0 Å². The van der Waals surface area contributed by atoms with E-state index >= 15 is 0 Å². The standard InChI is InChI=1S/C10H8N2/c1-3-9-5-4-6-10-11-7-8(2)12(9)10/h1,4-7H,2H3. The second-order valence-electron chi connectivity index (χ2n) is 2.65. The predicted molar refractivity (Wildman–Crippen MR) is 47.9 cm³/mol. The van der Waals surface area contributed by atoms with Crippen LogP contribution in [0.1, 0.15) is 11.4 Å². The summed E-state index contributed by atoms with van der Waals surface area (Å²) in [5.41, 5.74) is 2.82. The van der Waals surface area contributed by atoms with Crippen molar-refractivity contribution in [2.24, 2.45) is 0 Å². The molecule has 2 heterocycles. The number of fused-ring (bicyclic) bond motifs is 1. The van der Waals surface area contributed by atoms with Gasteiger partial charge in [0.25, 0.3) is 0 Å². The van der Waals surface area contributed by atoms with Gasteiger partial charge in [-0.3, -0.25) is 4.40 Å². The maximum absolute atomic E-state index is 5.35. The van der Waals surface area contributed by atoms with Crippen LogP contribution in [0.4, 0.5) is 0 Å². The van der Waals surface area contributed by atoms with E-state index < -0.39 is 0 Å². The van der Waals surface area contributed by atoms with E-state index in [4.69, 9.17) is 6.42 Å². The van der Waals surface area contributed by atoms with Crippen molar-refractivity contribution in [2.75, 3.05) is 0 Å². The summed E-state index contributed by atoms with van der Waals surface area (Å²) in [5.74, 6) is 2.62. The summed E-state index contributed by atoms with van der Waals surface area (Å²) < 4.78 is 1.96. The maximum Gasteiger partial charge on any atom is 0.137 e. The molecule has 0 bridgehead atoms. The normalized spacial score (nSPS) is 10.0. The van der Waals surface area contributed by atoms with Crippen molar-refractivity contribution in [3.8, 4) is 12.3 Å². The Morgan fingerprint density at radius 2 is 2.33 bits per heavy atom. The fourth-order valence-electron chi connectivity index (χ4n) is 1.30. The van der Waals surface area contributed by atoms with E-state index in [1.165, 1.54) is 0 Å². The Morgan fingerprint density at radius 3 is 3.08 bits per heavy atom. The Bertz CT molecular complexity index is 460. The summed E-state index contributed by atoms with van der Waals surface area (Å²) in [7, 11) is 0. The van der Waals surface area contributed by atoms with Crippen LogP contribution in [-0.2, 0) is 0 Å². The molecule has 0 aromatic carbocycles. The SMILES string of the molecule is C#Cc1cccc2ncc(C)n12. The lowest BCUT2D eigenvalue weighted by Gasteiger charge is -1.98. The van der Waals surface area contributed by atoms with Crippen molar-refractivity contribution in [1.82, 2.24) is 9.38 Å². The van der Waals surface area contributed by atoms with Crippen molar-refractivity contribution < 1.29 is 0 Å². The van der Waals surface area contributed by atoms with Crippen LogP contribution in [0.15, 0.2) is 24.4 Å². The lowest BCUT2D eigenvalue weighted by molar-refractivity contribution is 1.09. The molecule has 2 heteroatoms. The Morgan fingerprint density at radius 1 is 1.50 bits per heavy atom. The molecule has 0 amide bonds. The number of hydrogen-bond donors (Lipinski definition) is 0. The van der Waals surface area contributed by atoms with Crippen LogP contribution in [0.2, 0.25) is 0 Å². The van der Waals surface area contributed by atoms with Crippen molar-refractivity contribution in [3.63, 3.8) is 0 Å². The Hall–Kier alpha value is -1.75. The van der Waals surface area contributed by atoms with E-state index in [1.807, 2.05) is 35.7 Å². The third kappa shape index (κ3) is 0.802. The zero-order chi connectivity index (χ0) is 8.55. The lowest BCUT2D eigenvalue weighted by Crippen LogP contribution is -1.92. The fourth-order valence-corrected chi connectivity index (χ4v) is 1.30. The third-order valence-electron chi connectivity index (χ3n) is 1.85. The first-order valence-corrected chi connectivity index (χ1v) is 3.72. The highest BCUT2D eigenvalue weighted by Gasteiger charge is 2.00. The topological polar surface area (TPSA) is 17.3 Å². The molecular weight excluding hydrogens is 148 g/mol. The van der Waals surface area contributed by atoms with E-state index in [9.17, 15) is 0 Å². The minimum atomic E-state index is 0.850. The molecule has 0 spiro atoms. The molecule has 2 nitrogen and oxygen atoms in total. The summed E-state index contributed by atoms with van der Waals surface area (Å²) in [5, 5.41) is 0. The Balaban J connectivity index is 2.96. The molecule has 0 N–H and O–H groups in total. The maximum atomic E-state index is 5.35. The van der Waals surface area contributed by atoms with E-state index in [-0.39, 0.29) is 0 Å². The minimum Gasteiger partial charge on any atom is -0.290 e. The molecule has 0 unspecified atom stereocenters. The molecule has 0 radical (unpaired) electrons. The number of aromatic nitrogens is 2. The first-order valence-electron chi connectivity index (χ1n) is 3.72. The first kappa shape index (κ1) is 6.93. The van der Waals surface area contributed by atoms with Gasteiger partial charge in [-0.2, -0.15) is 0 Å². The summed E-state index contributed by atoms with van der Waals surface area (Å²) in [6.07, 6.45) is 7.16. The van der Waals surface area contributed by atoms with Crippen molar-refractivity contribution in [1.29, 1.82) is 0 Å². The van der Waals surface area contributed by atoms with Gasteiger partial charge in [0.1, 0.15) is 5.65 Å². The van der Waals surface area contributed by atoms with Gasteiger partial charge >= 0.3 is 0 Å². The summed E-state index contributed by atoms with van der Waals surface area (Å²) in [6, 6.07) is 5.76. The highest BCUT2D eigenvalue weighted by atomic mass is 15.0. The molecular formula is C10H8N2. The summed E-state index contributed by atoms with van der Waals surface area (Å²) >= 11 is 0. The van der Waals surface area contributed by atoms with Crippen molar-refractivity contribution >= 4 is 5.65 Å². The van der Waals surface area contributed by atoms with Crippen LogP contribution >= 0.6 is 0 Å². The number of nitrogens with zero attached hydrogens (tertiary/aromatic N) is 2. The van der Waals surface area contributed by atoms with Crippen LogP contribution < -0.4 is 0 Å². The summed E-state index contributed by atoms with van der Waals surface area (Å²) in [4.78, 5) is 4.19. The second kappa shape index (κ2) is 2.38. The molecule has 0 saturated carbocycles. The molecule has 0 aliphatic rings. The van der Waals surface area contributed by atoms with Crippen LogP contribution in [-0.4, -0.2) is 9.38 Å². The van der Waals surface area contributed by atoms with Gasteiger partial charge in [-0.1, -0.05) is 12.0 Å². The minimum absolute atomic E-state index is 0.850. The second-order valence-corrected chi connectivity index (χ2v) is 2.65. The zero-order valence-corrected chi connectivity index (χ0v) is 6.78. The van der Waals surface area contributed by atoms with Crippen LogP contribution in [0, 0.1) is 19.3 Å². The van der Waals surface area contributed by atoms with Crippen LogP contribution in [0.3, 0.4) is 0 Å². The molecule has 12 heavy (non-hydrogen) atoms. The number of terminal acetylenes is 1. The molecule has 0 aliphatic carbocycles. The molecule has 58 valence electrons. The van der Waals surface area contributed by atoms with Gasteiger partial charge in [0.15, 0.2) is 0 Å². The van der Waals surface area contributed by atoms with Crippen LogP contribution in [0.25, 0.3) is 5.65 Å². The smallest absolute Gasteiger partial charge is 0.137 e. The fraction of sp³-hybridized carbons (Fsp3) is 0.100. The van der Waals surface area contributed by atoms with Gasteiger partial charge in [0.05, 0.1) is 5.69 Å². The molecule has 2 aromatic heterocycles. The Kier molecular flexibility index (Phi) is 1.38. The predicted octanol–water partition coefficient (Wildman–Crippen LogP) is 1.62. The first-order chi connectivity index (χ1) is 5.83. The van der Waals surface area contributed by atoms with Gasteiger partial charge in [-0.15, -0.1) is 6.42 Å². The number of imidazole rings is 1. The highest BCUT2D eigenvalue weighted by Crippen LogP contribution is 2.08. The monoisotopic (exact) mass is 156 g/mol. The number of rotatable bonds is 0. The number of pyridine rings is 1. The molecule has 2 rings (SSSR count). The summed E-state index contributed by atoms with van der Waals surface area (Å²) in [6.45, 7) is 1.99. The van der Waals surface area contributed by atoms with Gasteiger partial charge < -0.3 is 0 Å². The molecule has 2 aromatic rings. The van der Waals surface area contributed by atoms with Gasteiger partial charge in [-0.25, -0.2) is 4.98 Å². The molecule has 0 atom stereocenters. The largest absolute Gasteiger partial charge is 0.290 e.